The van der Waals surface area contributed by atoms with Crippen LogP contribution in [0.2, 0.25) is 0 Å². The summed E-state index contributed by atoms with van der Waals surface area (Å²) < 4.78 is 24.2. The minimum Gasteiger partial charge on any atom is -0.467 e. The Morgan fingerprint density at radius 1 is 1.15 bits per heavy atom. The molecule has 0 bridgehead atoms. The number of aromatic nitrogens is 3. The predicted octanol–water partition coefficient (Wildman–Crippen LogP) is 2.82. The van der Waals surface area contributed by atoms with Crippen LogP contribution in [0, 0.1) is 11.2 Å². The Morgan fingerprint density at radius 3 is 2.56 bits per heavy atom. The first-order valence-electron chi connectivity index (χ1n) is 11.9. The zero-order valence-corrected chi connectivity index (χ0v) is 19.7. The number of amides is 1. The van der Waals surface area contributed by atoms with E-state index in [1.165, 1.54) is 25.8 Å². The Bertz CT molecular complexity index is 1020. The molecule has 5 rings (SSSR count). The van der Waals surface area contributed by atoms with E-state index in [0.717, 1.165) is 57.9 Å². The highest BCUT2D eigenvalue weighted by Crippen LogP contribution is 2.47. The molecule has 1 saturated carbocycles. The first kappa shape index (κ1) is 22.8. The van der Waals surface area contributed by atoms with Gasteiger partial charge in [-0.15, -0.1) is 0 Å². The van der Waals surface area contributed by atoms with Crippen molar-refractivity contribution < 1.29 is 18.7 Å². The van der Waals surface area contributed by atoms with Crippen LogP contribution in [0.25, 0.3) is 11.1 Å². The summed E-state index contributed by atoms with van der Waals surface area (Å²) in [5, 5.41) is 0. The molecule has 1 amide bonds. The molecule has 0 aromatic carbocycles. The maximum absolute atomic E-state index is 14.1. The second-order valence-corrected chi connectivity index (χ2v) is 9.46. The number of pyridine rings is 1. The van der Waals surface area contributed by atoms with E-state index in [0.29, 0.717) is 23.8 Å². The molecule has 0 unspecified atom stereocenters. The quantitative estimate of drug-likeness (QED) is 0.660. The van der Waals surface area contributed by atoms with E-state index >= 15 is 0 Å². The number of hydrogen-bond acceptors (Lipinski definition) is 8. The van der Waals surface area contributed by atoms with Crippen molar-refractivity contribution in [3.05, 3.63) is 30.5 Å². The van der Waals surface area contributed by atoms with Crippen molar-refractivity contribution in [1.82, 2.24) is 24.8 Å². The lowest BCUT2D eigenvalue weighted by atomic mass is 9.78. The van der Waals surface area contributed by atoms with Crippen molar-refractivity contribution in [3.63, 3.8) is 0 Å². The molecule has 4 heterocycles. The topological polar surface area (TPSA) is 83.9 Å². The molecule has 34 heavy (non-hydrogen) atoms. The molecular weight excluding hydrogens is 439 g/mol. The van der Waals surface area contributed by atoms with Crippen LogP contribution >= 0.6 is 0 Å². The fourth-order valence-corrected chi connectivity index (χ4v) is 5.64. The van der Waals surface area contributed by atoms with Gasteiger partial charge in [0.2, 0.25) is 0 Å². The van der Waals surface area contributed by atoms with Gasteiger partial charge < -0.3 is 19.3 Å². The minimum atomic E-state index is -0.387. The van der Waals surface area contributed by atoms with Crippen molar-refractivity contribution in [2.75, 3.05) is 57.9 Å². The van der Waals surface area contributed by atoms with Gasteiger partial charge in [-0.1, -0.05) is 0 Å². The number of hydrogen-bond donors (Lipinski definition) is 0. The van der Waals surface area contributed by atoms with Crippen LogP contribution < -0.4 is 9.64 Å². The molecule has 0 radical (unpaired) electrons. The second-order valence-electron chi connectivity index (χ2n) is 9.46. The van der Waals surface area contributed by atoms with Gasteiger partial charge in [-0.25, -0.2) is 24.1 Å². The first-order chi connectivity index (χ1) is 16.5. The molecule has 1 atom stereocenters. The predicted molar refractivity (Wildman–Crippen MR) is 124 cm³/mol. The summed E-state index contributed by atoms with van der Waals surface area (Å²) in [7, 11) is 1.51. The van der Waals surface area contributed by atoms with E-state index < -0.39 is 0 Å². The molecule has 2 aromatic heterocycles. The van der Waals surface area contributed by atoms with Crippen molar-refractivity contribution in [2.45, 2.75) is 32.2 Å². The molecule has 1 spiro atoms. The Morgan fingerprint density at radius 2 is 1.88 bits per heavy atom. The van der Waals surface area contributed by atoms with E-state index in [1.807, 2.05) is 11.8 Å². The number of anilines is 1. The average Bonchev–Trinajstić information content (AvgIpc) is 3.29. The van der Waals surface area contributed by atoms with Gasteiger partial charge in [0.15, 0.2) is 0 Å². The van der Waals surface area contributed by atoms with Crippen LogP contribution in [0.3, 0.4) is 0 Å². The Kier molecular flexibility index (Phi) is 6.24. The number of rotatable bonds is 5. The minimum absolute atomic E-state index is 0.185. The number of likely N-dealkylation sites (tertiary alicyclic amines) is 1. The van der Waals surface area contributed by atoms with Gasteiger partial charge in [0.05, 0.1) is 19.9 Å². The van der Waals surface area contributed by atoms with E-state index in [1.54, 1.807) is 12.4 Å². The number of carbonyl (C=O) groups is 1. The van der Waals surface area contributed by atoms with E-state index in [4.69, 9.17) is 9.47 Å². The highest BCUT2D eigenvalue weighted by molar-refractivity contribution is 5.75. The third-order valence-corrected chi connectivity index (χ3v) is 7.34. The lowest BCUT2D eigenvalue weighted by Gasteiger charge is -2.48. The maximum atomic E-state index is 14.1. The summed E-state index contributed by atoms with van der Waals surface area (Å²) in [6.45, 7) is 7.39. The maximum Gasteiger partial charge on any atom is 0.409 e. The van der Waals surface area contributed by atoms with Crippen LogP contribution in [0.1, 0.15) is 26.2 Å². The van der Waals surface area contributed by atoms with Crippen molar-refractivity contribution in [1.29, 1.82) is 0 Å². The normalized spacial score (nSPS) is 22.0. The molecule has 0 N–H and O–H groups in total. The van der Waals surface area contributed by atoms with Gasteiger partial charge in [0.25, 0.3) is 0 Å². The first-order valence-corrected chi connectivity index (χ1v) is 11.9. The fraction of sp³-hybridized carbons (Fsp3) is 0.583. The highest BCUT2D eigenvalue weighted by Gasteiger charge is 2.51. The van der Waals surface area contributed by atoms with Crippen molar-refractivity contribution in [2.24, 2.45) is 5.41 Å². The summed E-state index contributed by atoms with van der Waals surface area (Å²) in [6.07, 6.45) is 7.81. The molecule has 9 nitrogen and oxygen atoms in total. The van der Waals surface area contributed by atoms with Gasteiger partial charge >= 0.3 is 12.1 Å². The summed E-state index contributed by atoms with van der Waals surface area (Å²) in [5.74, 6) is 0.364. The van der Waals surface area contributed by atoms with Crippen LogP contribution in [-0.2, 0) is 4.74 Å². The number of carbonyl (C=O) groups excluding carboxylic acids is 1. The molecule has 1 aliphatic carbocycles. The summed E-state index contributed by atoms with van der Waals surface area (Å²) in [6, 6.07) is 2.31. The third-order valence-electron chi connectivity index (χ3n) is 7.34. The standard InChI is InChI=1S/C24H31FN6O3/c1-3-34-23(32)31-15-24(16-31)5-4-19(11-24)29-6-8-30(9-7-29)21-20(10-18(25)14-26-21)17-12-27-22(33-2)28-13-17/h10,12-14,19H,3-9,11,15-16H2,1-2H3/t19-/m1/s1. The molecule has 2 aromatic rings. The average molecular weight is 471 g/mol. The number of nitrogens with zero attached hydrogens (tertiary/aromatic N) is 6. The molecule has 10 heteroatoms. The molecule has 3 aliphatic rings. The smallest absolute Gasteiger partial charge is 0.409 e. The van der Waals surface area contributed by atoms with Gasteiger partial charge in [-0.2, -0.15) is 0 Å². The van der Waals surface area contributed by atoms with Gasteiger partial charge in [-0.3, -0.25) is 4.90 Å². The number of methoxy groups -OCH3 is 1. The zero-order chi connectivity index (χ0) is 23.7. The molecule has 182 valence electrons. The number of ether oxygens (including phenoxy) is 2. The molecule has 2 aliphatic heterocycles. The van der Waals surface area contributed by atoms with Crippen molar-refractivity contribution >= 4 is 11.9 Å². The fourth-order valence-electron chi connectivity index (χ4n) is 5.64. The summed E-state index contributed by atoms with van der Waals surface area (Å²) in [5.41, 5.74) is 1.65. The number of piperazine rings is 1. The zero-order valence-electron chi connectivity index (χ0n) is 19.7. The van der Waals surface area contributed by atoms with Crippen LogP contribution in [0.4, 0.5) is 15.0 Å². The largest absolute Gasteiger partial charge is 0.467 e. The van der Waals surface area contributed by atoms with E-state index in [2.05, 4.69) is 24.8 Å². The number of halogens is 1. The summed E-state index contributed by atoms with van der Waals surface area (Å²) in [4.78, 5) is 31.3. The SMILES string of the molecule is CCOC(=O)N1CC2(CC[C@@H](N3CCN(c4ncc(F)cc4-c4cnc(OC)nc4)CC3)C2)C1. The van der Waals surface area contributed by atoms with E-state index in [9.17, 15) is 9.18 Å². The molecule has 2 saturated heterocycles. The Labute approximate surface area is 198 Å². The molecule has 3 fully saturated rings. The lowest BCUT2D eigenvalue weighted by Crippen LogP contribution is -2.58. The molecular formula is C24H31FN6O3. The second kappa shape index (κ2) is 9.32. The van der Waals surface area contributed by atoms with E-state index in [-0.39, 0.29) is 23.3 Å². The van der Waals surface area contributed by atoms with Crippen LogP contribution in [0.5, 0.6) is 6.01 Å². The van der Waals surface area contributed by atoms with Gasteiger partial charge in [0, 0.05) is 74.2 Å². The van der Waals surface area contributed by atoms with Gasteiger partial charge in [0.1, 0.15) is 11.6 Å². The third kappa shape index (κ3) is 4.38. The highest BCUT2D eigenvalue weighted by atomic mass is 19.1. The van der Waals surface area contributed by atoms with Crippen LogP contribution in [-0.4, -0.2) is 89.9 Å². The van der Waals surface area contributed by atoms with Gasteiger partial charge in [-0.05, 0) is 32.3 Å². The lowest BCUT2D eigenvalue weighted by molar-refractivity contribution is -0.00294. The Balaban J connectivity index is 1.21. The Hall–Kier alpha value is -3.01. The van der Waals surface area contributed by atoms with Crippen molar-refractivity contribution in [3.8, 4) is 17.1 Å². The van der Waals surface area contributed by atoms with Crippen LogP contribution in [0.15, 0.2) is 24.7 Å². The summed E-state index contributed by atoms with van der Waals surface area (Å²) >= 11 is 0. The monoisotopic (exact) mass is 470 g/mol.